The number of anilines is 2. The fraction of sp³-hybridized carbons (Fsp3) is 0.231. The van der Waals surface area contributed by atoms with Gasteiger partial charge in [-0.25, -0.2) is 0 Å². The third-order valence-electron chi connectivity index (χ3n) is 5.54. The molecule has 1 heterocycles. The standard InChI is InChI=1S/C26H26N2O2S/c1-3-23(19-9-5-4-6-10-19)25(30)27-21-14-12-20(13-15-21)26-28(24(29)17-31-26)22-11-7-8-18(2)16-22/h4-16,23,26H,3,17H2,1-2H3,(H,27,30)/t23-,26+/m1/s1. The van der Waals surface area contributed by atoms with Crippen LogP contribution in [0.2, 0.25) is 0 Å². The lowest BCUT2D eigenvalue weighted by Crippen LogP contribution is -2.27. The first-order valence-electron chi connectivity index (χ1n) is 10.5. The molecule has 0 unspecified atom stereocenters. The summed E-state index contributed by atoms with van der Waals surface area (Å²) < 4.78 is 0. The summed E-state index contributed by atoms with van der Waals surface area (Å²) in [7, 11) is 0. The second kappa shape index (κ2) is 9.40. The van der Waals surface area contributed by atoms with Gasteiger partial charge in [-0.05, 0) is 54.3 Å². The first-order valence-corrected chi connectivity index (χ1v) is 11.6. The molecule has 1 N–H and O–H groups in total. The molecule has 3 aromatic carbocycles. The van der Waals surface area contributed by atoms with E-state index in [-0.39, 0.29) is 23.1 Å². The molecule has 0 bridgehead atoms. The second-order valence-electron chi connectivity index (χ2n) is 7.75. The van der Waals surface area contributed by atoms with Crippen molar-refractivity contribution >= 4 is 35.0 Å². The summed E-state index contributed by atoms with van der Waals surface area (Å²) in [5.74, 6) is 0.396. The van der Waals surface area contributed by atoms with Crippen LogP contribution >= 0.6 is 11.8 Å². The van der Waals surface area contributed by atoms with Gasteiger partial charge in [0.2, 0.25) is 11.8 Å². The second-order valence-corrected chi connectivity index (χ2v) is 8.82. The molecule has 31 heavy (non-hydrogen) atoms. The normalized spacial score (nSPS) is 16.9. The summed E-state index contributed by atoms with van der Waals surface area (Å²) in [5.41, 5.74) is 4.88. The van der Waals surface area contributed by atoms with E-state index in [0.717, 1.165) is 34.5 Å². The summed E-state index contributed by atoms with van der Waals surface area (Å²) in [6, 6.07) is 25.7. The molecule has 2 amide bonds. The lowest BCUT2D eigenvalue weighted by molar-refractivity contribution is -0.118. The van der Waals surface area contributed by atoms with Gasteiger partial charge < -0.3 is 5.32 Å². The summed E-state index contributed by atoms with van der Waals surface area (Å²) in [6.45, 7) is 4.05. The van der Waals surface area contributed by atoms with Crippen LogP contribution in [0, 0.1) is 6.92 Å². The van der Waals surface area contributed by atoms with Crippen LogP contribution in [0.25, 0.3) is 0 Å². The highest BCUT2D eigenvalue weighted by atomic mass is 32.2. The molecular formula is C26H26N2O2S. The van der Waals surface area contributed by atoms with Gasteiger partial charge in [0.1, 0.15) is 5.37 Å². The maximum Gasteiger partial charge on any atom is 0.238 e. The van der Waals surface area contributed by atoms with Crippen LogP contribution in [0.5, 0.6) is 0 Å². The zero-order valence-corrected chi connectivity index (χ0v) is 18.6. The highest BCUT2D eigenvalue weighted by molar-refractivity contribution is 8.00. The third-order valence-corrected chi connectivity index (χ3v) is 6.75. The van der Waals surface area contributed by atoms with E-state index in [1.165, 1.54) is 0 Å². The number of carbonyl (C=O) groups excluding carboxylic acids is 2. The fourth-order valence-corrected chi connectivity index (χ4v) is 5.12. The third kappa shape index (κ3) is 4.67. The van der Waals surface area contributed by atoms with E-state index in [2.05, 4.69) is 5.32 Å². The Morgan fingerprint density at radius 3 is 2.48 bits per heavy atom. The van der Waals surface area contributed by atoms with E-state index in [1.807, 2.05) is 97.6 Å². The Kier molecular flexibility index (Phi) is 6.42. The van der Waals surface area contributed by atoms with Crippen molar-refractivity contribution in [3.63, 3.8) is 0 Å². The zero-order valence-electron chi connectivity index (χ0n) is 17.7. The number of nitrogens with zero attached hydrogens (tertiary/aromatic N) is 1. The number of amides is 2. The summed E-state index contributed by atoms with van der Waals surface area (Å²) in [4.78, 5) is 27.3. The van der Waals surface area contributed by atoms with Crippen molar-refractivity contribution in [3.8, 4) is 0 Å². The number of hydrogen-bond acceptors (Lipinski definition) is 3. The molecule has 2 atom stereocenters. The van der Waals surface area contributed by atoms with Crippen molar-refractivity contribution in [1.29, 1.82) is 0 Å². The number of carbonyl (C=O) groups is 2. The number of aryl methyl sites for hydroxylation is 1. The van der Waals surface area contributed by atoms with Crippen molar-refractivity contribution in [2.75, 3.05) is 16.0 Å². The van der Waals surface area contributed by atoms with Gasteiger partial charge in [-0.15, -0.1) is 11.8 Å². The molecule has 158 valence electrons. The van der Waals surface area contributed by atoms with E-state index < -0.39 is 0 Å². The molecule has 5 heteroatoms. The number of hydrogen-bond donors (Lipinski definition) is 1. The minimum Gasteiger partial charge on any atom is -0.326 e. The van der Waals surface area contributed by atoms with E-state index in [9.17, 15) is 9.59 Å². The van der Waals surface area contributed by atoms with Crippen LogP contribution in [0.4, 0.5) is 11.4 Å². The monoisotopic (exact) mass is 430 g/mol. The van der Waals surface area contributed by atoms with Crippen LogP contribution in [0.15, 0.2) is 78.9 Å². The lowest BCUT2D eigenvalue weighted by Gasteiger charge is -2.25. The van der Waals surface area contributed by atoms with Crippen molar-refractivity contribution in [2.24, 2.45) is 0 Å². The van der Waals surface area contributed by atoms with E-state index in [1.54, 1.807) is 11.8 Å². The molecule has 1 aliphatic heterocycles. The molecule has 4 nitrogen and oxygen atoms in total. The summed E-state index contributed by atoms with van der Waals surface area (Å²) in [6.07, 6.45) is 0.736. The quantitative estimate of drug-likeness (QED) is 0.529. The highest BCUT2D eigenvalue weighted by Crippen LogP contribution is 2.42. The number of benzene rings is 3. The van der Waals surface area contributed by atoms with Crippen molar-refractivity contribution < 1.29 is 9.59 Å². The molecule has 0 spiro atoms. The molecule has 0 saturated carbocycles. The number of thioether (sulfide) groups is 1. The topological polar surface area (TPSA) is 49.4 Å². The summed E-state index contributed by atoms with van der Waals surface area (Å²) >= 11 is 1.63. The average Bonchev–Trinajstić information content (AvgIpc) is 3.17. The maximum absolute atomic E-state index is 12.8. The maximum atomic E-state index is 12.8. The van der Waals surface area contributed by atoms with Gasteiger partial charge in [-0.3, -0.25) is 14.5 Å². The van der Waals surface area contributed by atoms with Crippen molar-refractivity contribution in [3.05, 3.63) is 95.6 Å². The largest absolute Gasteiger partial charge is 0.326 e. The van der Waals surface area contributed by atoms with Gasteiger partial charge >= 0.3 is 0 Å². The first kappa shape index (κ1) is 21.2. The molecule has 1 saturated heterocycles. The van der Waals surface area contributed by atoms with Gasteiger partial charge in [0.25, 0.3) is 0 Å². The van der Waals surface area contributed by atoms with E-state index in [4.69, 9.17) is 0 Å². The Labute approximate surface area is 187 Å². The minimum absolute atomic E-state index is 0.00624. The summed E-state index contributed by atoms with van der Waals surface area (Å²) in [5, 5.41) is 2.98. The predicted octanol–water partition coefficient (Wildman–Crippen LogP) is 5.91. The Bertz CT molecular complexity index is 1070. The molecule has 4 rings (SSSR count). The van der Waals surface area contributed by atoms with Gasteiger partial charge in [0.05, 0.1) is 11.7 Å². The van der Waals surface area contributed by atoms with Gasteiger partial charge in [0.15, 0.2) is 0 Å². The fourth-order valence-electron chi connectivity index (χ4n) is 3.95. The van der Waals surface area contributed by atoms with E-state index >= 15 is 0 Å². The highest BCUT2D eigenvalue weighted by Gasteiger charge is 2.34. The number of nitrogens with one attached hydrogen (secondary N) is 1. The predicted molar refractivity (Wildman–Crippen MR) is 128 cm³/mol. The van der Waals surface area contributed by atoms with Crippen LogP contribution in [-0.4, -0.2) is 17.6 Å². The van der Waals surface area contributed by atoms with Crippen LogP contribution in [0.1, 0.15) is 41.3 Å². The van der Waals surface area contributed by atoms with Crippen molar-refractivity contribution in [1.82, 2.24) is 0 Å². The Balaban J connectivity index is 1.50. The Morgan fingerprint density at radius 1 is 1.06 bits per heavy atom. The minimum atomic E-state index is -0.180. The molecule has 0 aliphatic carbocycles. The van der Waals surface area contributed by atoms with Crippen LogP contribution < -0.4 is 10.2 Å². The number of rotatable bonds is 6. The molecule has 1 fully saturated rings. The van der Waals surface area contributed by atoms with Gasteiger partial charge in [-0.1, -0.05) is 61.5 Å². The molecule has 0 radical (unpaired) electrons. The van der Waals surface area contributed by atoms with Gasteiger partial charge in [-0.2, -0.15) is 0 Å². The first-order chi connectivity index (χ1) is 15.1. The van der Waals surface area contributed by atoms with Crippen molar-refractivity contribution in [2.45, 2.75) is 31.6 Å². The molecule has 0 aromatic heterocycles. The Morgan fingerprint density at radius 2 is 1.81 bits per heavy atom. The average molecular weight is 431 g/mol. The van der Waals surface area contributed by atoms with E-state index in [0.29, 0.717) is 5.75 Å². The van der Waals surface area contributed by atoms with Gasteiger partial charge in [0, 0.05) is 11.4 Å². The SMILES string of the molecule is CC[C@@H](C(=O)Nc1ccc([C@@H]2SCC(=O)N2c2cccc(C)c2)cc1)c1ccccc1. The van der Waals surface area contributed by atoms with Crippen LogP contribution in [0.3, 0.4) is 0 Å². The lowest BCUT2D eigenvalue weighted by atomic mass is 9.95. The Hall–Kier alpha value is -3.05. The molecule has 3 aromatic rings. The molecule has 1 aliphatic rings. The smallest absolute Gasteiger partial charge is 0.238 e. The molecular weight excluding hydrogens is 404 g/mol. The zero-order chi connectivity index (χ0) is 21.8. The van der Waals surface area contributed by atoms with Crippen LogP contribution in [-0.2, 0) is 9.59 Å².